The van der Waals surface area contributed by atoms with Gasteiger partial charge in [-0.15, -0.1) is 0 Å². The maximum Gasteiger partial charge on any atom is 0.326 e. The zero-order chi connectivity index (χ0) is 24.1. The number of carboxylic acid groups (broad SMARTS) is 1. The van der Waals surface area contributed by atoms with E-state index in [2.05, 4.69) is 16.0 Å². The molecule has 0 saturated heterocycles. The number of unbranched alkanes of at least 4 members (excludes halogenated alkanes) is 1. The van der Waals surface area contributed by atoms with Crippen LogP contribution in [0.1, 0.15) is 24.8 Å². The van der Waals surface area contributed by atoms with E-state index in [0.717, 1.165) is 0 Å². The smallest absolute Gasteiger partial charge is 0.326 e. The molecule has 12 heteroatoms. The number of phenolic OH excluding ortho intramolecular Hbond substituents is 1. The van der Waals surface area contributed by atoms with E-state index in [1.165, 1.54) is 12.1 Å². The van der Waals surface area contributed by atoms with Gasteiger partial charge in [0.15, 0.2) is 0 Å². The first-order valence-corrected chi connectivity index (χ1v) is 10.1. The molecule has 178 valence electrons. The van der Waals surface area contributed by atoms with Gasteiger partial charge in [0.25, 0.3) is 0 Å². The van der Waals surface area contributed by atoms with Crippen molar-refractivity contribution in [1.82, 2.24) is 16.0 Å². The van der Waals surface area contributed by atoms with Gasteiger partial charge >= 0.3 is 5.97 Å². The van der Waals surface area contributed by atoms with Crippen molar-refractivity contribution in [2.75, 3.05) is 19.7 Å². The Bertz CT molecular complexity index is 772. The van der Waals surface area contributed by atoms with Gasteiger partial charge in [-0.25, -0.2) is 4.79 Å². The summed E-state index contributed by atoms with van der Waals surface area (Å²) in [7, 11) is 0. The van der Waals surface area contributed by atoms with Crippen LogP contribution >= 0.6 is 0 Å². The SMILES string of the molecule is NCCCCC(NC(=O)C(CO)NC(=O)CNC(=O)C(N)Cc1ccc(O)cc1)C(=O)O. The molecular formula is C20H31N5O7. The second-order valence-corrected chi connectivity index (χ2v) is 7.18. The molecule has 10 N–H and O–H groups in total. The molecule has 1 aromatic rings. The molecule has 32 heavy (non-hydrogen) atoms. The van der Waals surface area contributed by atoms with Gasteiger partial charge in [0, 0.05) is 0 Å². The number of rotatable bonds is 14. The molecule has 1 aromatic carbocycles. The summed E-state index contributed by atoms with van der Waals surface area (Å²) < 4.78 is 0. The van der Waals surface area contributed by atoms with E-state index in [0.29, 0.717) is 24.9 Å². The van der Waals surface area contributed by atoms with E-state index in [9.17, 15) is 34.5 Å². The van der Waals surface area contributed by atoms with Crippen molar-refractivity contribution in [3.8, 4) is 5.75 Å². The van der Waals surface area contributed by atoms with Crippen molar-refractivity contribution in [3.05, 3.63) is 29.8 Å². The minimum absolute atomic E-state index is 0.0798. The molecule has 1 rings (SSSR count). The first-order chi connectivity index (χ1) is 15.2. The van der Waals surface area contributed by atoms with E-state index in [1.807, 2.05) is 0 Å². The summed E-state index contributed by atoms with van der Waals surface area (Å²) in [5, 5.41) is 34.7. The quantitative estimate of drug-likeness (QED) is 0.140. The Balaban J connectivity index is 2.50. The number of aliphatic carboxylic acids is 1. The Kier molecular flexibility index (Phi) is 11.7. The largest absolute Gasteiger partial charge is 0.508 e. The van der Waals surface area contributed by atoms with E-state index in [1.54, 1.807) is 12.1 Å². The number of hydrogen-bond acceptors (Lipinski definition) is 8. The third-order valence-corrected chi connectivity index (χ3v) is 4.55. The first kappa shape index (κ1) is 26.8. The topological polar surface area (TPSA) is 217 Å². The lowest BCUT2D eigenvalue weighted by Gasteiger charge is -2.20. The maximum atomic E-state index is 12.2. The number of hydrogen-bond donors (Lipinski definition) is 8. The lowest BCUT2D eigenvalue weighted by atomic mass is 10.1. The fourth-order valence-corrected chi connectivity index (χ4v) is 2.74. The van der Waals surface area contributed by atoms with Gasteiger partial charge < -0.3 is 42.7 Å². The molecule has 0 saturated carbocycles. The zero-order valence-electron chi connectivity index (χ0n) is 17.6. The first-order valence-electron chi connectivity index (χ1n) is 10.1. The molecular weight excluding hydrogens is 422 g/mol. The number of benzene rings is 1. The molecule has 0 heterocycles. The normalized spacial score (nSPS) is 13.5. The Morgan fingerprint density at radius 2 is 1.62 bits per heavy atom. The van der Waals surface area contributed by atoms with Crippen molar-refractivity contribution in [2.45, 2.75) is 43.8 Å². The van der Waals surface area contributed by atoms with Gasteiger partial charge in [0.05, 0.1) is 19.2 Å². The van der Waals surface area contributed by atoms with Gasteiger partial charge in [-0.3, -0.25) is 14.4 Å². The fraction of sp³-hybridized carbons (Fsp3) is 0.500. The number of aromatic hydroxyl groups is 1. The number of phenols is 1. The minimum atomic E-state index is -1.39. The van der Waals surface area contributed by atoms with Gasteiger partial charge in [0.2, 0.25) is 17.7 Å². The van der Waals surface area contributed by atoms with Crippen LogP contribution < -0.4 is 27.4 Å². The molecule has 3 unspecified atom stereocenters. The lowest BCUT2D eigenvalue weighted by Crippen LogP contribution is -2.55. The van der Waals surface area contributed by atoms with Crippen LogP contribution in [0.3, 0.4) is 0 Å². The number of carbonyl (C=O) groups excluding carboxylic acids is 3. The third-order valence-electron chi connectivity index (χ3n) is 4.55. The van der Waals surface area contributed by atoms with Crippen LogP contribution in [-0.4, -0.2) is 76.8 Å². The monoisotopic (exact) mass is 453 g/mol. The number of aliphatic hydroxyl groups excluding tert-OH is 1. The van der Waals surface area contributed by atoms with Crippen LogP contribution in [0.4, 0.5) is 0 Å². The van der Waals surface area contributed by atoms with Crippen LogP contribution in [0, 0.1) is 0 Å². The lowest BCUT2D eigenvalue weighted by molar-refractivity contribution is -0.142. The highest BCUT2D eigenvalue weighted by atomic mass is 16.4. The second kappa shape index (κ2) is 14.0. The molecule has 3 amide bonds. The molecule has 12 nitrogen and oxygen atoms in total. The van der Waals surface area contributed by atoms with Crippen molar-refractivity contribution in [3.63, 3.8) is 0 Å². The summed E-state index contributed by atoms with van der Waals surface area (Å²) in [5.74, 6) is -3.40. The predicted octanol–water partition coefficient (Wildman–Crippen LogP) is -2.45. The predicted molar refractivity (Wildman–Crippen MR) is 114 cm³/mol. The Hall–Kier alpha value is -3.22. The molecule has 0 fully saturated rings. The van der Waals surface area contributed by atoms with Gasteiger partial charge in [0.1, 0.15) is 17.8 Å². The third kappa shape index (κ3) is 9.73. The van der Waals surface area contributed by atoms with Crippen molar-refractivity contribution < 1.29 is 34.5 Å². The molecule has 0 bridgehead atoms. The average Bonchev–Trinajstić information content (AvgIpc) is 2.76. The van der Waals surface area contributed by atoms with Crippen molar-refractivity contribution in [2.24, 2.45) is 11.5 Å². The average molecular weight is 453 g/mol. The highest BCUT2D eigenvalue weighted by molar-refractivity contribution is 5.92. The van der Waals surface area contributed by atoms with E-state index in [4.69, 9.17) is 11.5 Å². The van der Waals surface area contributed by atoms with E-state index in [-0.39, 0.29) is 18.6 Å². The Morgan fingerprint density at radius 1 is 0.969 bits per heavy atom. The highest BCUT2D eigenvalue weighted by Gasteiger charge is 2.26. The second-order valence-electron chi connectivity index (χ2n) is 7.18. The summed E-state index contributed by atoms with van der Waals surface area (Å²) in [6.07, 6.45) is 1.41. The summed E-state index contributed by atoms with van der Waals surface area (Å²) in [6, 6.07) is 2.62. The summed E-state index contributed by atoms with van der Waals surface area (Å²) >= 11 is 0. The molecule has 0 spiro atoms. The summed E-state index contributed by atoms with van der Waals surface area (Å²) in [4.78, 5) is 47.7. The molecule has 0 radical (unpaired) electrons. The number of aliphatic hydroxyl groups is 1. The summed E-state index contributed by atoms with van der Waals surface area (Å²) in [6.45, 7) is -0.869. The van der Waals surface area contributed by atoms with Crippen LogP contribution in [0.2, 0.25) is 0 Å². The number of nitrogens with one attached hydrogen (secondary N) is 3. The van der Waals surface area contributed by atoms with Gasteiger partial charge in [-0.1, -0.05) is 12.1 Å². The molecule has 3 atom stereocenters. The standard InChI is InChI=1S/C20H31N5O7/c21-8-2-1-3-15(20(31)32)25-19(30)16(11-26)24-17(28)10-23-18(29)14(22)9-12-4-6-13(27)7-5-12/h4-7,14-16,26-27H,1-3,8-11,21-22H2,(H,23,29)(H,24,28)(H,25,30)(H,31,32). The Labute approximate surface area is 185 Å². The minimum Gasteiger partial charge on any atom is -0.508 e. The van der Waals surface area contributed by atoms with Gasteiger partial charge in [-0.2, -0.15) is 0 Å². The maximum absolute atomic E-state index is 12.2. The van der Waals surface area contributed by atoms with Crippen LogP contribution in [0.25, 0.3) is 0 Å². The zero-order valence-corrected chi connectivity index (χ0v) is 17.6. The van der Waals surface area contributed by atoms with Gasteiger partial charge in [-0.05, 0) is 49.9 Å². The highest BCUT2D eigenvalue weighted by Crippen LogP contribution is 2.10. The van der Waals surface area contributed by atoms with E-state index >= 15 is 0 Å². The van der Waals surface area contributed by atoms with Crippen LogP contribution in [0.15, 0.2) is 24.3 Å². The number of amides is 3. The molecule has 0 aromatic heterocycles. The number of carbonyl (C=O) groups is 4. The van der Waals surface area contributed by atoms with Crippen LogP contribution in [-0.2, 0) is 25.6 Å². The van der Waals surface area contributed by atoms with Crippen molar-refractivity contribution in [1.29, 1.82) is 0 Å². The number of carboxylic acids is 1. The van der Waals surface area contributed by atoms with E-state index < -0.39 is 55.0 Å². The fourth-order valence-electron chi connectivity index (χ4n) is 2.74. The van der Waals surface area contributed by atoms with Crippen molar-refractivity contribution >= 4 is 23.7 Å². The molecule has 0 aliphatic heterocycles. The molecule has 0 aliphatic carbocycles. The molecule has 0 aliphatic rings. The Morgan fingerprint density at radius 3 is 2.19 bits per heavy atom. The number of nitrogens with two attached hydrogens (primary N) is 2. The van der Waals surface area contributed by atoms with Crippen LogP contribution in [0.5, 0.6) is 5.75 Å². The summed E-state index contributed by atoms with van der Waals surface area (Å²) in [5.41, 5.74) is 11.9.